The molecule has 0 aromatic heterocycles. The highest BCUT2D eigenvalue weighted by Gasteiger charge is 2.20. The summed E-state index contributed by atoms with van der Waals surface area (Å²) in [6.07, 6.45) is 11.3. The lowest BCUT2D eigenvalue weighted by Gasteiger charge is -2.04. The molecule has 2 rings (SSSR count). The minimum atomic E-state index is 0.622. The van der Waals surface area contributed by atoms with E-state index in [9.17, 15) is 0 Å². The summed E-state index contributed by atoms with van der Waals surface area (Å²) >= 11 is 0. The molecule has 0 aliphatic carbocycles. The average Bonchev–Trinajstić information content (AvgIpc) is 3.30. The largest absolute Gasteiger partial charge is 0.377 e. The Hall–Kier alpha value is -0.860. The van der Waals surface area contributed by atoms with Gasteiger partial charge in [-0.25, -0.2) is 0 Å². The third-order valence-corrected chi connectivity index (χ3v) is 3.83. The maximum Gasteiger partial charge on any atom is 0.0810 e. The Morgan fingerprint density at radius 1 is 0.900 bits per heavy atom. The highest BCUT2D eigenvalue weighted by atomic mass is 16.6. The summed E-state index contributed by atoms with van der Waals surface area (Å²) in [6, 6.07) is 10.4. The van der Waals surface area contributed by atoms with Gasteiger partial charge in [-0.1, -0.05) is 68.9 Å². The molecule has 0 amide bonds. The van der Waals surface area contributed by atoms with Crippen LogP contribution in [-0.2, 0) is 16.1 Å². The number of ether oxygens (including phenoxy) is 2. The van der Waals surface area contributed by atoms with Gasteiger partial charge in [-0.2, -0.15) is 0 Å². The van der Waals surface area contributed by atoms with Gasteiger partial charge in [0.15, 0.2) is 0 Å². The van der Waals surface area contributed by atoms with Crippen LogP contribution >= 0.6 is 0 Å². The molecular formula is C18H28O2. The molecule has 0 unspecified atom stereocenters. The normalized spacial score (nSPS) is 17.3. The summed E-state index contributed by atoms with van der Waals surface area (Å²) in [5, 5.41) is 0. The van der Waals surface area contributed by atoms with E-state index in [0.717, 1.165) is 19.8 Å². The lowest BCUT2D eigenvalue weighted by molar-refractivity contribution is 0.116. The van der Waals surface area contributed by atoms with Crippen LogP contribution in [0.2, 0.25) is 0 Å². The van der Waals surface area contributed by atoms with E-state index in [1.807, 2.05) is 6.07 Å². The number of unbranched alkanes of at least 4 members (excludes halogenated alkanes) is 6. The molecule has 0 radical (unpaired) electrons. The van der Waals surface area contributed by atoms with E-state index in [1.54, 1.807) is 0 Å². The molecule has 1 aliphatic heterocycles. The van der Waals surface area contributed by atoms with Gasteiger partial charge in [0.2, 0.25) is 0 Å². The number of rotatable bonds is 12. The first-order chi connectivity index (χ1) is 9.95. The number of hydrogen-bond acceptors (Lipinski definition) is 2. The van der Waals surface area contributed by atoms with Crippen molar-refractivity contribution in [3.05, 3.63) is 35.9 Å². The quantitative estimate of drug-likeness (QED) is 0.407. The van der Waals surface area contributed by atoms with Crippen molar-refractivity contribution in [2.45, 2.75) is 64.1 Å². The third kappa shape index (κ3) is 7.66. The van der Waals surface area contributed by atoms with Gasteiger partial charge in [0, 0.05) is 6.61 Å². The second-order valence-electron chi connectivity index (χ2n) is 5.76. The van der Waals surface area contributed by atoms with Gasteiger partial charge >= 0.3 is 0 Å². The zero-order chi connectivity index (χ0) is 13.9. The first kappa shape index (κ1) is 15.5. The molecule has 2 nitrogen and oxygen atoms in total. The Kier molecular flexibility index (Phi) is 7.73. The highest BCUT2D eigenvalue weighted by Crippen LogP contribution is 2.18. The van der Waals surface area contributed by atoms with E-state index in [-0.39, 0.29) is 0 Å². The molecule has 0 spiro atoms. The second kappa shape index (κ2) is 9.95. The van der Waals surface area contributed by atoms with Crippen molar-refractivity contribution in [3.63, 3.8) is 0 Å². The van der Waals surface area contributed by atoms with Crippen LogP contribution < -0.4 is 0 Å². The molecule has 1 aromatic rings. The molecule has 1 atom stereocenters. The van der Waals surface area contributed by atoms with Gasteiger partial charge in [-0.05, 0) is 18.4 Å². The van der Waals surface area contributed by atoms with Crippen molar-refractivity contribution in [1.82, 2.24) is 0 Å². The summed E-state index contributed by atoms with van der Waals surface area (Å²) in [5.41, 5.74) is 1.27. The molecule has 0 bridgehead atoms. The van der Waals surface area contributed by atoms with Crippen molar-refractivity contribution >= 4 is 0 Å². The molecule has 1 fully saturated rings. The van der Waals surface area contributed by atoms with E-state index >= 15 is 0 Å². The molecular weight excluding hydrogens is 248 g/mol. The van der Waals surface area contributed by atoms with Crippen molar-refractivity contribution < 1.29 is 9.47 Å². The fourth-order valence-electron chi connectivity index (χ4n) is 2.46. The minimum absolute atomic E-state index is 0.622. The molecule has 1 aliphatic rings. The second-order valence-corrected chi connectivity index (χ2v) is 5.76. The fourth-order valence-corrected chi connectivity index (χ4v) is 2.46. The van der Waals surface area contributed by atoms with Crippen LogP contribution in [-0.4, -0.2) is 19.3 Å². The molecule has 2 heteroatoms. The summed E-state index contributed by atoms with van der Waals surface area (Å²) in [5.74, 6) is 0. The first-order valence-electron chi connectivity index (χ1n) is 8.18. The lowest BCUT2D eigenvalue weighted by atomic mass is 10.1. The van der Waals surface area contributed by atoms with Crippen LogP contribution in [0.15, 0.2) is 30.3 Å². The maximum absolute atomic E-state index is 5.68. The van der Waals surface area contributed by atoms with Gasteiger partial charge in [0.1, 0.15) is 0 Å². The van der Waals surface area contributed by atoms with Crippen molar-refractivity contribution in [1.29, 1.82) is 0 Å². The monoisotopic (exact) mass is 276 g/mol. The van der Waals surface area contributed by atoms with Crippen LogP contribution in [0.4, 0.5) is 0 Å². The summed E-state index contributed by atoms with van der Waals surface area (Å²) in [4.78, 5) is 0. The molecule has 0 N–H and O–H groups in total. The van der Waals surface area contributed by atoms with Gasteiger partial charge in [0.25, 0.3) is 0 Å². The molecule has 0 saturated carbocycles. The Balaban J connectivity index is 1.30. The van der Waals surface area contributed by atoms with E-state index in [4.69, 9.17) is 9.47 Å². The molecule has 1 heterocycles. The summed E-state index contributed by atoms with van der Waals surface area (Å²) in [6.45, 7) is 2.67. The summed E-state index contributed by atoms with van der Waals surface area (Å²) < 4.78 is 10.9. The predicted molar refractivity (Wildman–Crippen MR) is 82.8 cm³/mol. The van der Waals surface area contributed by atoms with Crippen molar-refractivity contribution in [3.8, 4) is 0 Å². The maximum atomic E-state index is 5.68. The smallest absolute Gasteiger partial charge is 0.0810 e. The Morgan fingerprint density at radius 3 is 2.25 bits per heavy atom. The average molecular weight is 276 g/mol. The Morgan fingerprint density at radius 2 is 1.55 bits per heavy atom. The van der Waals surface area contributed by atoms with E-state index in [2.05, 4.69) is 24.3 Å². The third-order valence-electron chi connectivity index (χ3n) is 3.83. The number of benzene rings is 1. The van der Waals surface area contributed by atoms with Crippen LogP contribution in [0.5, 0.6) is 0 Å². The van der Waals surface area contributed by atoms with Gasteiger partial charge in [-0.15, -0.1) is 0 Å². The molecule has 1 aromatic carbocycles. The number of epoxide rings is 1. The molecule has 20 heavy (non-hydrogen) atoms. The predicted octanol–water partition coefficient (Wildman–Crippen LogP) is 4.72. The van der Waals surface area contributed by atoms with Gasteiger partial charge < -0.3 is 9.47 Å². The zero-order valence-corrected chi connectivity index (χ0v) is 12.6. The fraction of sp³-hybridized carbons (Fsp3) is 0.667. The molecule has 1 saturated heterocycles. The topological polar surface area (TPSA) is 21.8 Å². The van der Waals surface area contributed by atoms with Gasteiger partial charge in [-0.3, -0.25) is 0 Å². The van der Waals surface area contributed by atoms with E-state index in [0.29, 0.717) is 6.10 Å². The van der Waals surface area contributed by atoms with E-state index in [1.165, 1.54) is 56.9 Å². The highest BCUT2D eigenvalue weighted by molar-refractivity contribution is 5.13. The van der Waals surface area contributed by atoms with E-state index < -0.39 is 0 Å². The SMILES string of the molecule is c1ccc(COCCCCCCCCC[C@@H]2CO2)cc1. The van der Waals surface area contributed by atoms with Crippen LogP contribution in [0.3, 0.4) is 0 Å². The summed E-state index contributed by atoms with van der Waals surface area (Å²) in [7, 11) is 0. The Labute approximate surface area is 123 Å². The lowest BCUT2D eigenvalue weighted by Crippen LogP contribution is -1.95. The van der Waals surface area contributed by atoms with Crippen molar-refractivity contribution in [2.24, 2.45) is 0 Å². The van der Waals surface area contributed by atoms with Crippen LogP contribution in [0, 0.1) is 0 Å². The zero-order valence-electron chi connectivity index (χ0n) is 12.6. The minimum Gasteiger partial charge on any atom is -0.377 e. The standard InChI is InChI=1S/C18H28O2/c1(2-4-9-13-18-16-20-18)3-5-10-14-19-15-17-11-7-6-8-12-17/h6-8,11-12,18H,1-5,9-10,13-16H2/t18-/m1/s1. The van der Waals surface area contributed by atoms with Gasteiger partial charge in [0.05, 0.1) is 19.3 Å². The van der Waals surface area contributed by atoms with Crippen LogP contribution in [0.1, 0.15) is 56.9 Å². The van der Waals surface area contributed by atoms with Crippen molar-refractivity contribution in [2.75, 3.05) is 13.2 Å². The Bertz CT molecular complexity index is 333. The van der Waals surface area contributed by atoms with Crippen LogP contribution in [0.25, 0.3) is 0 Å². The number of hydrogen-bond donors (Lipinski definition) is 0. The first-order valence-corrected chi connectivity index (χ1v) is 8.18. The molecule has 112 valence electrons.